The van der Waals surface area contributed by atoms with Gasteiger partial charge in [-0.1, -0.05) is 19.1 Å². The van der Waals surface area contributed by atoms with E-state index in [1.807, 2.05) is 19.1 Å². The maximum absolute atomic E-state index is 12.1. The van der Waals surface area contributed by atoms with Crippen LogP contribution in [0.15, 0.2) is 30.5 Å². The average molecular weight is 259 g/mol. The van der Waals surface area contributed by atoms with Gasteiger partial charge in [0.1, 0.15) is 5.82 Å². The van der Waals surface area contributed by atoms with Crippen LogP contribution < -0.4 is 5.32 Å². The van der Waals surface area contributed by atoms with E-state index in [4.69, 9.17) is 4.74 Å². The van der Waals surface area contributed by atoms with Crippen LogP contribution in [0.2, 0.25) is 0 Å². The Kier molecular flexibility index (Phi) is 4.30. The van der Waals surface area contributed by atoms with Crippen LogP contribution >= 0.6 is 0 Å². The molecule has 2 N–H and O–H groups in total. The van der Waals surface area contributed by atoms with Crippen molar-refractivity contribution in [2.45, 2.75) is 20.0 Å². The first-order valence-corrected chi connectivity index (χ1v) is 6.16. The zero-order valence-electron chi connectivity index (χ0n) is 11.1. The van der Waals surface area contributed by atoms with Gasteiger partial charge in [-0.3, -0.25) is 9.89 Å². The predicted octanol–water partition coefficient (Wildman–Crippen LogP) is 2.37. The summed E-state index contributed by atoms with van der Waals surface area (Å²) in [5.41, 5.74) is 2.63. The molecule has 100 valence electrons. The lowest BCUT2D eigenvalue weighted by Gasteiger charge is -2.05. The SMILES string of the molecule is CCc1cn[nH]c1NC(=O)c1ccc(COC)cc1. The Bertz CT molecular complexity index is 546. The smallest absolute Gasteiger partial charge is 0.256 e. The van der Waals surface area contributed by atoms with Crippen molar-refractivity contribution >= 4 is 11.7 Å². The molecule has 2 rings (SSSR count). The third kappa shape index (κ3) is 3.20. The van der Waals surface area contributed by atoms with Gasteiger partial charge in [0.25, 0.3) is 5.91 Å². The number of hydrogen-bond donors (Lipinski definition) is 2. The molecule has 0 aliphatic rings. The van der Waals surface area contributed by atoms with Gasteiger partial charge in [0.2, 0.25) is 0 Å². The second-order valence-corrected chi connectivity index (χ2v) is 4.21. The van der Waals surface area contributed by atoms with Crippen LogP contribution in [-0.2, 0) is 17.8 Å². The molecule has 0 unspecified atom stereocenters. The zero-order valence-corrected chi connectivity index (χ0v) is 11.1. The minimum Gasteiger partial charge on any atom is -0.380 e. The largest absolute Gasteiger partial charge is 0.380 e. The Labute approximate surface area is 112 Å². The lowest BCUT2D eigenvalue weighted by atomic mass is 10.1. The molecule has 0 radical (unpaired) electrons. The van der Waals surface area contributed by atoms with Crippen molar-refractivity contribution < 1.29 is 9.53 Å². The van der Waals surface area contributed by atoms with E-state index in [9.17, 15) is 4.79 Å². The minimum atomic E-state index is -0.150. The molecule has 0 bridgehead atoms. The van der Waals surface area contributed by atoms with Crippen LogP contribution in [0.4, 0.5) is 5.82 Å². The van der Waals surface area contributed by atoms with Crippen LogP contribution in [-0.4, -0.2) is 23.2 Å². The Morgan fingerprint density at radius 2 is 2.11 bits per heavy atom. The van der Waals surface area contributed by atoms with E-state index < -0.39 is 0 Å². The standard InChI is InChI=1S/C14H17N3O2/c1-3-11-8-15-17-13(11)16-14(18)12-6-4-10(5-7-12)9-19-2/h4-8H,3,9H2,1-2H3,(H2,15,16,17,18). The number of H-pyrrole nitrogens is 1. The highest BCUT2D eigenvalue weighted by atomic mass is 16.5. The molecular weight excluding hydrogens is 242 g/mol. The number of nitrogens with one attached hydrogen (secondary N) is 2. The van der Waals surface area contributed by atoms with E-state index in [-0.39, 0.29) is 5.91 Å². The summed E-state index contributed by atoms with van der Waals surface area (Å²) in [6, 6.07) is 7.33. The molecule has 0 atom stereocenters. The first kappa shape index (κ1) is 13.3. The summed E-state index contributed by atoms with van der Waals surface area (Å²) in [5, 5.41) is 9.53. The lowest BCUT2D eigenvalue weighted by Crippen LogP contribution is -2.13. The topological polar surface area (TPSA) is 67.0 Å². The number of nitrogens with zero attached hydrogens (tertiary/aromatic N) is 1. The number of hydrogen-bond acceptors (Lipinski definition) is 3. The third-order valence-corrected chi connectivity index (χ3v) is 2.86. The first-order valence-electron chi connectivity index (χ1n) is 6.16. The Hall–Kier alpha value is -2.14. The fourth-order valence-corrected chi connectivity index (χ4v) is 1.79. The molecule has 0 aliphatic heterocycles. The van der Waals surface area contributed by atoms with E-state index in [1.54, 1.807) is 25.4 Å². The van der Waals surface area contributed by atoms with Crippen molar-refractivity contribution in [3.8, 4) is 0 Å². The number of benzene rings is 1. The number of amides is 1. The molecular formula is C14H17N3O2. The van der Waals surface area contributed by atoms with Crippen molar-refractivity contribution in [3.05, 3.63) is 47.2 Å². The van der Waals surface area contributed by atoms with Crippen molar-refractivity contribution in [1.29, 1.82) is 0 Å². The molecule has 1 amide bonds. The van der Waals surface area contributed by atoms with Crippen LogP contribution in [0, 0.1) is 0 Å². The van der Waals surface area contributed by atoms with E-state index >= 15 is 0 Å². The van der Waals surface area contributed by atoms with Gasteiger partial charge in [0.15, 0.2) is 0 Å². The van der Waals surface area contributed by atoms with Gasteiger partial charge in [0, 0.05) is 18.2 Å². The number of methoxy groups -OCH3 is 1. The van der Waals surface area contributed by atoms with Crippen LogP contribution in [0.3, 0.4) is 0 Å². The molecule has 0 spiro atoms. The van der Waals surface area contributed by atoms with Gasteiger partial charge in [-0.15, -0.1) is 0 Å². The van der Waals surface area contributed by atoms with Gasteiger partial charge in [-0.2, -0.15) is 5.10 Å². The normalized spacial score (nSPS) is 10.4. The van der Waals surface area contributed by atoms with Gasteiger partial charge in [-0.05, 0) is 24.1 Å². The van der Waals surface area contributed by atoms with E-state index in [2.05, 4.69) is 15.5 Å². The monoisotopic (exact) mass is 259 g/mol. The number of anilines is 1. The summed E-state index contributed by atoms with van der Waals surface area (Å²) in [4.78, 5) is 12.1. The van der Waals surface area contributed by atoms with Gasteiger partial charge < -0.3 is 10.1 Å². The lowest BCUT2D eigenvalue weighted by molar-refractivity contribution is 0.102. The highest BCUT2D eigenvalue weighted by Gasteiger charge is 2.09. The fraction of sp³-hybridized carbons (Fsp3) is 0.286. The number of aryl methyl sites for hydroxylation is 1. The summed E-state index contributed by atoms with van der Waals surface area (Å²) in [6.07, 6.45) is 2.54. The fourth-order valence-electron chi connectivity index (χ4n) is 1.79. The minimum absolute atomic E-state index is 0.150. The van der Waals surface area contributed by atoms with Crippen LogP contribution in [0.1, 0.15) is 28.4 Å². The Morgan fingerprint density at radius 1 is 1.37 bits per heavy atom. The number of carbonyl (C=O) groups excluding carboxylic acids is 1. The predicted molar refractivity (Wildman–Crippen MR) is 73.1 cm³/mol. The average Bonchev–Trinajstić information content (AvgIpc) is 2.87. The van der Waals surface area contributed by atoms with E-state index in [0.717, 1.165) is 17.5 Å². The number of carbonyl (C=O) groups is 1. The van der Waals surface area contributed by atoms with Gasteiger partial charge in [0.05, 0.1) is 12.8 Å². The number of rotatable bonds is 5. The molecule has 19 heavy (non-hydrogen) atoms. The molecule has 1 aromatic heterocycles. The molecule has 5 nitrogen and oxygen atoms in total. The highest BCUT2D eigenvalue weighted by molar-refractivity contribution is 6.04. The van der Waals surface area contributed by atoms with Gasteiger partial charge >= 0.3 is 0 Å². The van der Waals surface area contributed by atoms with Crippen LogP contribution in [0.5, 0.6) is 0 Å². The van der Waals surface area contributed by atoms with E-state index in [0.29, 0.717) is 18.0 Å². The third-order valence-electron chi connectivity index (χ3n) is 2.86. The zero-order chi connectivity index (χ0) is 13.7. The molecule has 2 aromatic rings. The van der Waals surface area contributed by atoms with Crippen molar-refractivity contribution in [2.24, 2.45) is 0 Å². The highest BCUT2D eigenvalue weighted by Crippen LogP contribution is 2.13. The van der Waals surface area contributed by atoms with Crippen LogP contribution in [0.25, 0.3) is 0 Å². The molecule has 1 heterocycles. The number of aromatic nitrogens is 2. The van der Waals surface area contributed by atoms with Crippen molar-refractivity contribution in [3.63, 3.8) is 0 Å². The molecule has 0 aliphatic carbocycles. The summed E-state index contributed by atoms with van der Waals surface area (Å²) in [7, 11) is 1.64. The van der Waals surface area contributed by atoms with Crippen molar-refractivity contribution in [2.75, 3.05) is 12.4 Å². The molecule has 0 saturated carbocycles. The summed E-state index contributed by atoms with van der Waals surface area (Å²) < 4.78 is 5.03. The number of aromatic amines is 1. The van der Waals surface area contributed by atoms with Gasteiger partial charge in [-0.25, -0.2) is 0 Å². The molecule has 5 heteroatoms. The van der Waals surface area contributed by atoms with Crippen molar-refractivity contribution in [1.82, 2.24) is 10.2 Å². The Morgan fingerprint density at radius 3 is 2.74 bits per heavy atom. The first-order chi connectivity index (χ1) is 9.24. The second kappa shape index (κ2) is 6.15. The maximum Gasteiger partial charge on any atom is 0.256 e. The number of ether oxygens (including phenoxy) is 1. The molecule has 0 fully saturated rings. The molecule has 1 aromatic carbocycles. The van der Waals surface area contributed by atoms with E-state index in [1.165, 1.54) is 0 Å². The summed E-state index contributed by atoms with van der Waals surface area (Å²) in [5.74, 6) is 0.511. The molecule has 0 saturated heterocycles. The maximum atomic E-state index is 12.1. The summed E-state index contributed by atoms with van der Waals surface area (Å²) in [6.45, 7) is 2.56. The quantitative estimate of drug-likeness (QED) is 0.866. The summed E-state index contributed by atoms with van der Waals surface area (Å²) >= 11 is 0. The second-order valence-electron chi connectivity index (χ2n) is 4.21. The Balaban J connectivity index is 2.07.